The Labute approximate surface area is 64.0 Å². The van der Waals surface area contributed by atoms with Crippen LogP contribution in [0.3, 0.4) is 0 Å². The lowest BCUT2D eigenvalue weighted by molar-refractivity contribution is 0.386. The topological polar surface area (TPSA) is 3.24 Å². The van der Waals surface area contributed by atoms with Crippen LogP contribution in [0.5, 0.6) is 0 Å². The maximum absolute atomic E-state index is 3.72. The first-order valence-electron chi connectivity index (χ1n) is 3.70. The standard InChI is InChI=1S/C9H17N/c1-5-9(6-2)8-10(4)7-3/h5-6H,1,7-8H2,2-4H3/b9-6+. The highest BCUT2D eigenvalue weighted by atomic mass is 15.1. The maximum Gasteiger partial charge on any atom is 0.0227 e. The molecule has 0 aromatic heterocycles. The highest BCUT2D eigenvalue weighted by molar-refractivity contribution is 5.16. The van der Waals surface area contributed by atoms with Gasteiger partial charge in [-0.2, -0.15) is 0 Å². The van der Waals surface area contributed by atoms with Gasteiger partial charge in [0, 0.05) is 6.54 Å². The van der Waals surface area contributed by atoms with Crippen molar-refractivity contribution in [2.24, 2.45) is 0 Å². The summed E-state index contributed by atoms with van der Waals surface area (Å²) in [6.07, 6.45) is 4.01. The zero-order chi connectivity index (χ0) is 7.98. The van der Waals surface area contributed by atoms with Crippen molar-refractivity contribution in [1.82, 2.24) is 4.90 Å². The van der Waals surface area contributed by atoms with Gasteiger partial charge in [0.15, 0.2) is 0 Å². The molecule has 0 unspecified atom stereocenters. The predicted molar refractivity (Wildman–Crippen MR) is 47.1 cm³/mol. The van der Waals surface area contributed by atoms with Gasteiger partial charge >= 0.3 is 0 Å². The average molecular weight is 139 g/mol. The van der Waals surface area contributed by atoms with Gasteiger partial charge in [0.05, 0.1) is 0 Å². The Morgan fingerprint density at radius 3 is 2.50 bits per heavy atom. The van der Waals surface area contributed by atoms with Crippen LogP contribution in [0.4, 0.5) is 0 Å². The number of nitrogens with zero attached hydrogens (tertiary/aromatic N) is 1. The normalized spacial score (nSPS) is 12.2. The third-order valence-electron chi connectivity index (χ3n) is 1.63. The van der Waals surface area contributed by atoms with Crippen LogP contribution in [0.2, 0.25) is 0 Å². The van der Waals surface area contributed by atoms with E-state index in [0.717, 1.165) is 13.1 Å². The average Bonchev–Trinajstić information content (AvgIpc) is 1.99. The summed E-state index contributed by atoms with van der Waals surface area (Å²) in [6, 6.07) is 0. The number of allylic oxidation sites excluding steroid dienone is 1. The van der Waals surface area contributed by atoms with Crippen LogP contribution in [0, 0.1) is 0 Å². The Balaban J connectivity index is 3.75. The van der Waals surface area contributed by atoms with Crippen LogP contribution in [0.1, 0.15) is 13.8 Å². The molecule has 1 nitrogen and oxygen atoms in total. The fourth-order valence-electron chi connectivity index (χ4n) is 0.697. The molecule has 0 atom stereocenters. The van der Waals surface area contributed by atoms with Crippen molar-refractivity contribution in [2.45, 2.75) is 13.8 Å². The lowest BCUT2D eigenvalue weighted by atomic mass is 10.2. The van der Waals surface area contributed by atoms with Crippen molar-refractivity contribution < 1.29 is 0 Å². The molecule has 0 aliphatic carbocycles. The van der Waals surface area contributed by atoms with Gasteiger partial charge in [-0.25, -0.2) is 0 Å². The van der Waals surface area contributed by atoms with Crippen molar-refractivity contribution >= 4 is 0 Å². The summed E-state index contributed by atoms with van der Waals surface area (Å²) in [5, 5.41) is 0. The molecule has 0 N–H and O–H groups in total. The molecule has 10 heavy (non-hydrogen) atoms. The molecule has 0 fully saturated rings. The van der Waals surface area contributed by atoms with E-state index in [9.17, 15) is 0 Å². The second-order valence-corrected chi connectivity index (χ2v) is 2.40. The van der Waals surface area contributed by atoms with Gasteiger partial charge in [0.25, 0.3) is 0 Å². The number of hydrogen-bond acceptors (Lipinski definition) is 1. The second-order valence-electron chi connectivity index (χ2n) is 2.40. The molecule has 0 bridgehead atoms. The quantitative estimate of drug-likeness (QED) is 0.539. The molecule has 0 saturated heterocycles. The van der Waals surface area contributed by atoms with Gasteiger partial charge in [-0.05, 0) is 26.1 Å². The minimum Gasteiger partial charge on any atom is -0.302 e. The molecule has 0 rings (SSSR count). The van der Waals surface area contributed by atoms with Crippen molar-refractivity contribution in [2.75, 3.05) is 20.1 Å². The molecule has 0 amide bonds. The molecule has 0 spiro atoms. The smallest absolute Gasteiger partial charge is 0.0227 e. The predicted octanol–water partition coefficient (Wildman–Crippen LogP) is 2.07. The number of hydrogen-bond donors (Lipinski definition) is 0. The molecule has 0 aromatic rings. The van der Waals surface area contributed by atoms with Crippen molar-refractivity contribution in [3.63, 3.8) is 0 Å². The molecule has 0 heterocycles. The van der Waals surface area contributed by atoms with Crippen molar-refractivity contribution in [3.8, 4) is 0 Å². The van der Waals surface area contributed by atoms with Gasteiger partial charge in [0.2, 0.25) is 0 Å². The monoisotopic (exact) mass is 139 g/mol. The highest BCUT2D eigenvalue weighted by Gasteiger charge is 1.94. The molecule has 0 radical (unpaired) electrons. The van der Waals surface area contributed by atoms with E-state index in [2.05, 4.69) is 31.5 Å². The summed E-state index contributed by atoms with van der Waals surface area (Å²) >= 11 is 0. The fourth-order valence-corrected chi connectivity index (χ4v) is 0.697. The third kappa shape index (κ3) is 3.46. The summed E-state index contributed by atoms with van der Waals surface area (Å²) in [7, 11) is 2.10. The summed E-state index contributed by atoms with van der Waals surface area (Å²) in [4.78, 5) is 2.25. The van der Waals surface area contributed by atoms with Crippen molar-refractivity contribution in [1.29, 1.82) is 0 Å². The molecule has 0 aliphatic heterocycles. The Bertz CT molecular complexity index is 125. The van der Waals surface area contributed by atoms with E-state index in [1.165, 1.54) is 5.57 Å². The van der Waals surface area contributed by atoms with Crippen LogP contribution < -0.4 is 0 Å². The molecular formula is C9H17N. The minimum atomic E-state index is 1.01. The summed E-state index contributed by atoms with van der Waals surface area (Å²) in [6.45, 7) is 10.0. The number of rotatable bonds is 4. The molecular weight excluding hydrogens is 122 g/mol. The maximum atomic E-state index is 3.72. The fraction of sp³-hybridized carbons (Fsp3) is 0.556. The highest BCUT2D eigenvalue weighted by Crippen LogP contribution is 1.97. The first kappa shape index (κ1) is 9.44. The van der Waals surface area contributed by atoms with Crippen LogP contribution in [-0.4, -0.2) is 25.0 Å². The van der Waals surface area contributed by atoms with E-state index in [4.69, 9.17) is 0 Å². The van der Waals surface area contributed by atoms with Gasteiger partial charge in [0.1, 0.15) is 0 Å². The van der Waals surface area contributed by atoms with Gasteiger partial charge in [-0.1, -0.05) is 25.7 Å². The van der Waals surface area contributed by atoms with E-state index in [1.54, 1.807) is 0 Å². The summed E-state index contributed by atoms with van der Waals surface area (Å²) in [5.41, 5.74) is 1.30. The summed E-state index contributed by atoms with van der Waals surface area (Å²) < 4.78 is 0. The molecule has 0 aliphatic rings. The summed E-state index contributed by atoms with van der Waals surface area (Å²) in [5.74, 6) is 0. The van der Waals surface area contributed by atoms with Gasteiger partial charge in [-0.15, -0.1) is 0 Å². The Kier molecular flexibility index (Phi) is 4.95. The first-order chi connectivity index (χ1) is 4.74. The molecule has 0 saturated carbocycles. The SMILES string of the molecule is C=C/C(=C\C)CN(C)CC. The Morgan fingerprint density at radius 2 is 2.20 bits per heavy atom. The van der Waals surface area contributed by atoms with E-state index < -0.39 is 0 Å². The van der Waals surface area contributed by atoms with E-state index >= 15 is 0 Å². The van der Waals surface area contributed by atoms with Crippen LogP contribution in [0.25, 0.3) is 0 Å². The lowest BCUT2D eigenvalue weighted by Crippen LogP contribution is -2.19. The molecule has 1 heteroatoms. The van der Waals surface area contributed by atoms with Gasteiger partial charge < -0.3 is 4.90 Å². The second kappa shape index (κ2) is 5.24. The third-order valence-corrected chi connectivity index (χ3v) is 1.63. The van der Waals surface area contributed by atoms with Crippen molar-refractivity contribution in [3.05, 3.63) is 24.3 Å². The number of likely N-dealkylation sites (N-methyl/N-ethyl adjacent to an activating group) is 1. The zero-order valence-corrected chi connectivity index (χ0v) is 7.22. The van der Waals surface area contributed by atoms with E-state index in [0.29, 0.717) is 0 Å². The Hall–Kier alpha value is -0.560. The molecule has 58 valence electrons. The van der Waals surface area contributed by atoms with E-state index in [-0.39, 0.29) is 0 Å². The van der Waals surface area contributed by atoms with Gasteiger partial charge in [-0.3, -0.25) is 0 Å². The zero-order valence-electron chi connectivity index (χ0n) is 7.22. The molecule has 0 aromatic carbocycles. The van der Waals surface area contributed by atoms with Crippen LogP contribution >= 0.6 is 0 Å². The largest absolute Gasteiger partial charge is 0.302 e. The lowest BCUT2D eigenvalue weighted by Gasteiger charge is -2.13. The van der Waals surface area contributed by atoms with E-state index in [1.807, 2.05) is 13.0 Å². The Morgan fingerprint density at radius 1 is 1.60 bits per heavy atom. The van der Waals surface area contributed by atoms with Crippen LogP contribution in [0.15, 0.2) is 24.3 Å². The minimum absolute atomic E-state index is 1.01. The first-order valence-corrected chi connectivity index (χ1v) is 3.70. The van der Waals surface area contributed by atoms with Crippen LogP contribution in [-0.2, 0) is 0 Å².